The normalized spacial score (nSPS) is 15.4. The van der Waals surface area contributed by atoms with E-state index in [9.17, 15) is 10.2 Å². The zero-order chi connectivity index (χ0) is 22.4. The molecule has 168 valence electrons. The predicted molar refractivity (Wildman–Crippen MR) is 130 cm³/mol. The smallest absolute Gasteiger partial charge is 0.189 e. The summed E-state index contributed by atoms with van der Waals surface area (Å²) in [6, 6.07) is 3.86. The molecular weight excluding hydrogens is 444 g/mol. The number of pyridine rings is 1. The van der Waals surface area contributed by atoms with Gasteiger partial charge in [-0.05, 0) is 62.6 Å². The summed E-state index contributed by atoms with van der Waals surface area (Å²) in [5.74, 6) is 1.54. The highest BCUT2D eigenvalue weighted by Crippen LogP contribution is 2.44. The molecule has 2 atom stereocenters. The molecule has 4 aromatic rings. The predicted octanol–water partition coefficient (Wildman–Crippen LogP) is 4.28. The van der Waals surface area contributed by atoms with Crippen molar-refractivity contribution in [3.8, 4) is 11.5 Å². The lowest BCUT2D eigenvalue weighted by atomic mass is 10.0. The Hall–Kier alpha value is -2.20. The van der Waals surface area contributed by atoms with Crippen molar-refractivity contribution in [2.75, 3.05) is 24.2 Å². The van der Waals surface area contributed by atoms with Gasteiger partial charge in [0.05, 0.1) is 28.7 Å². The van der Waals surface area contributed by atoms with E-state index in [4.69, 9.17) is 19.4 Å². The van der Waals surface area contributed by atoms with Crippen LogP contribution in [0.4, 0.5) is 5.82 Å². The van der Waals surface area contributed by atoms with Gasteiger partial charge in [0.15, 0.2) is 16.7 Å². The second-order valence-corrected chi connectivity index (χ2v) is 10.1. The van der Waals surface area contributed by atoms with Crippen LogP contribution < -0.4 is 4.90 Å². The molecule has 32 heavy (non-hydrogen) atoms. The van der Waals surface area contributed by atoms with E-state index < -0.39 is 12.2 Å². The maximum absolute atomic E-state index is 10.1. The molecule has 0 unspecified atom stereocenters. The summed E-state index contributed by atoms with van der Waals surface area (Å²) in [5.41, 5.74) is 4.40. The molecule has 7 nitrogen and oxygen atoms in total. The van der Waals surface area contributed by atoms with Gasteiger partial charge in [0.1, 0.15) is 10.5 Å². The number of hydrogen-bond acceptors (Lipinski definition) is 9. The van der Waals surface area contributed by atoms with Crippen LogP contribution in [0.25, 0.3) is 31.9 Å². The monoisotopic (exact) mass is 470 g/mol. The topological polar surface area (TPSA) is 95.5 Å². The van der Waals surface area contributed by atoms with E-state index in [2.05, 4.69) is 0 Å². The Morgan fingerprint density at radius 3 is 2.53 bits per heavy atom. The van der Waals surface area contributed by atoms with Gasteiger partial charge in [0.2, 0.25) is 0 Å². The number of aryl methyl sites for hydroxylation is 1. The Kier molecular flexibility index (Phi) is 5.83. The summed E-state index contributed by atoms with van der Waals surface area (Å²) in [5, 5.41) is 22.0. The molecule has 5 rings (SSSR count). The molecule has 0 aromatic carbocycles. The van der Waals surface area contributed by atoms with Gasteiger partial charge in [-0.3, -0.25) is 0 Å². The highest BCUT2D eigenvalue weighted by Gasteiger charge is 2.28. The maximum atomic E-state index is 10.1. The molecule has 4 aromatic heterocycles. The molecule has 0 radical (unpaired) electrons. The lowest BCUT2D eigenvalue weighted by Crippen LogP contribution is -2.37. The fraction of sp³-hybridized carbons (Fsp3) is 0.435. The Labute approximate surface area is 194 Å². The van der Waals surface area contributed by atoms with Crippen LogP contribution in [0, 0.1) is 0 Å². The Morgan fingerprint density at radius 1 is 1.12 bits per heavy atom. The zero-order valence-electron chi connectivity index (χ0n) is 18.3. The number of fused-ring (bicyclic) bond motifs is 5. The standard InChI is InChI=1S/C23H26N4O3S2/c1-12(28)10-27(11-13(2)29)21-20-19(25-23(26-21)31-3)17-14-6-4-7-15(14)18(24-22(17)32-20)16-8-5-9-30-16/h5,8-9,12-13,28-29H,4,6-7,10-11H2,1-3H3/t12-,13-/m1/s1. The quantitative estimate of drug-likeness (QED) is 0.305. The van der Waals surface area contributed by atoms with Crippen LogP contribution in [-0.2, 0) is 12.8 Å². The third kappa shape index (κ3) is 3.77. The molecule has 0 bridgehead atoms. The number of aliphatic hydroxyl groups excluding tert-OH is 2. The molecule has 0 aliphatic heterocycles. The third-order valence-electron chi connectivity index (χ3n) is 5.70. The number of furan rings is 1. The highest BCUT2D eigenvalue weighted by atomic mass is 32.2. The van der Waals surface area contributed by atoms with E-state index in [1.54, 1.807) is 31.4 Å². The molecular formula is C23H26N4O3S2. The van der Waals surface area contributed by atoms with E-state index in [1.165, 1.54) is 22.9 Å². The van der Waals surface area contributed by atoms with Crippen LogP contribution in [-0.4, -0.2) is 56.7 Å². The average molecular weight is 471 g/mol. The number of aliphatic hydroxyl groups is 2. The van der Waals surface area contributed by atoms with Crippen molar-refractivity contribution in [3.05, 3.63) is 29.5 Å². The van der Waals surface area contributed by atoms with Gasteiger partial charge in [-0.15, -0.1) is 11.3 Å². The first-order valence-corrected chi connectivity index (χ1v) is 12.8. The van der Waals surface area contributed by atoms with Crippen LogP contribution in [0.1, 0.15) is 31.4 Å². The van der Waals surface area contributed by atoms with Gasteiger partial charge in [-0.2, -0.15) is 0 Å². The first-order chi connectivity index (χ1) is 15.5. The van der Waals surface area contributed by atoms with E-state index in [1.807, 2.05) is 23.3 Å². The highest BCUT2D eigenvalue weighted by molar-refractivity contribution is 7.98. The number of hydrogen-bond donors (Lipinski definition) is 2. The second kappa shape index (κ2) is 8.62. The van der Waals surface area contributed by atoms with E-state index in [0.29, 0.717) is 18.2 Å². The van der Waals surface area contributed by atoms with Crippen LogP contribution in [0.15, 0.2) is 28.0 Å². The number of nitrogens with zero attached hydrogens (tertiary/aromatic N) is 4. The van der Waals surface area contributed by atoms with Crippen molar-refractivity contribution in [3.63, 3.8) is 0 Å². The minimum Gasteiger partial charge on any atom is -0.463 e. The number of thiophene rings is 1. The molecule has 1 aliphatic rings. The largest absolute Gasteiger partial charge is 0.463 e. The van der Waals surface area contributed by atoms with Crippen LogP contribution in [0.3, 0.4) is 0 Å². The summed E-state index contributed by atoms with van der Waals surface area (Å²) in [6.07, 6.45) is 5.60. The SMILES string of the molecule is CSc1nc(N(C[C@@H](C)O)C[C@@H](C)O)c2sc3nc(-c4ccco4)c4c(c3c2n1)CCC4. The Balaban J connectivity index is 1.80. The molecule has 4 heterocycles. The minimum atomic E-state index is -0.557. The molecule has 9 heteroatoms. The average Bonchev–Trinajstić information content (AvgIpc) is 3.49. The number of aromatic nitrogens is 3. The summed E-state index contributed by atoms with van der Waals surface area (Å²) >= 11 is 3.07. The maximum Gasteiger partial charge on any atom is 0.189 e. The fourth-order valence-electron chi connectivity index (χ4n) is 4.54. The van der Waals surface area contributed by atoms with Gasteiger partial charge in [0, 0.05) is 18.5 Å². The summed E-state index contributed by atoms with van der Waals surface area (Å²) in [4.78, 5) is 17.6. The lowest BCUT2D eigenvalue weighted by molar-refractivity contribution is 0.178. The summed E-state index contributed by atoms with van der Waals surface area (Å²) in [7, 11) is 0. The van der Waals surface area contributed by atoms with Crippen molar-refractivity contribution in [1.29, 1.82) is 0 Å². The van der Waals surface area contributed by atoms with Crippen LogP contribution in [0.5, 0.6) is 0 Å². The number of anilines is 1. The van der Waals surface area contributed by atoms with Gasteiger partial charge >= 0.3 is 0 Å². The first-order valence-electron chi connectivity index (χ1n) is 10.8. The second-order valence-electron chi connectivity index (χ2n) is 8.35. The van der Waals surface area contributed by atoms with Gasteiger partial charge in [0.25, 0.3) is 0 Å². The third-order valence-corrected chi connectivity index (χ3v) is 7.32. The van der Waals surface area contributed by atoms with Crippen LogP contribution in [0.2, 0.25) is 0 Å². The summed E-state index contributed by atoms with van der Waals surface area (Å²) in [6.45, 7) is 4.25. The van der Waals surface area contributed by atoms with E-state index in [-0.39, 0.29) is 0 Å². The first kappa shape index (κ1) is 21.6. The zero-order valence-corrected chi connectivity index (χ0v) is 20.0. The molecule has 0 spiro atoms. The van der Waals surface area contributed by atoms with Crippen molar-refractivity contribution in [1.82, 2.24) is 15.0 Å². The molecule has 0 saturated carbocycles. The van der Waals surface area contributed by atoms with Crippen molar-refractivity contribution in [2.45, 2.75) is 50.5 Å². The lowest BCUT2D eigenvalue weighted by Gasteiger charge is -2.27. The molecule has 2 N–H and O–H groups in total. The minimum absolute atomic E-state index is 0.377. The van der Waals surface area contributed by atoms with Gasteiger partial charge < -0.3 is 19.5 Å². The summed E-state index contributed by atoms with van der Waals surface area (Å²) < 4.78 is 6.64. The Morgan fingerprint density at radius 2 is 1.88 bits per heavy atom. The number of thioether (sulfide) groups is 1. The van der Waals surface area contributed by atoms with E-state index >= 15 is 0 Å². The molecule has 0 fully saturated rings. The number of rotatable bonds is 7. The van der Waals surface area contributed by atoms with Crippen molar-refractivity contribution >= 4 is 49.3 Å². The molecule has 0 saturated heterocycles. The molecule has 0 amide bonds. The Bertz CT molecular complexity index is 1260. The molecule has 1 aliphatic carbocycles. The van der Waals surface area contributed by atoms with Gasteiger partial charge in [-0.1, -0.05) is 11.8 Å². The van der Waals surface area contributed by atoms with Crippen LogP contribution >= 0.6 is 23.1 Å². The van der Waals surface area contributed by atoms with E-state index in [0.717, 1.165) is 57.0 Å². The van der Waals surface area contributed by atoms with Crippen molar-refractivity contribution in [2.24, 2.45) is 0 Å². The fourth-order valence-corrected chi connectivity index (χ4v) is 6.06. The van der Waals surface area contributed by atoms with Gasteiger partial charge in [-0.25, -0.2) is 15.0 Å². The van der Waals surface area contributed by atoms with Crippen molar-refractivity contribution < 1.29 is 14.6 Å².